The van der Waals surface area contributed by atoms with Gasteiger partial charge in [0.25, 0.3) is 0 Å². The summed E-state index contributed by atoms with van der Waals surface area (Å²) >= 11 is 0. The van der Waals surface area contributed by atoms with E-state index in [9.17, 15) is 5.26 Å². The Morgan fingerprint density at radius 3 is 1.74 bits per heavy atom. The number of aryl methyl sites for hydroxylation is 1. The molecule has 0 aliphatic heterocycles. The lowest BCUT2D eigenvalue weighted by atomic mass is 9.94. The van der Waals surface area contributed by atoms with E-state index in [1.165, 1.54) is 0 Å². The third-order valence-electron chi connectivity index (χ3n) is 7.63. The van der Waals surface area contributed by atoms with Gasteiger partial charge < -0.3 is 0 Å². The average Bonchev–Trinajstić information content (AvgIpc) is 3.07. The Labute approximate surface area is 247 Å². The summed E-state index contributed by atoms with van der Waals surface area (Å²) in [5.41, 5.74) is 9.84. The van der Waals surface area contributed by atoms with Gasteiger partial charge in [0.1, 0.15) is 0 Å². The predicted octanol–water partition coefficient (Wildman–Crippen LogP) is 9.61. The van der Waals surface area contributed by atoms with Crippen molar-refractivity contribution >= 4 is 44.1 Å². The van der Waals surface area contributed by atoms with Crippen LogP contribution in [0.1, 0.15) is 11.1 Å². The van der Waals surface area contributed by atoms with Crippen molar-refractivity contribution in [3.05, 3.63) is 137 Å². The summed E-state index contributed by atoms with van der Waals surface area (Å²) in [6.45, 7) is 16.8. The van der Waals surface area contributed by atoms with Gasteiger partial charge in [0, 0.05) is 21.7 Å². The largest absolute Gasteiger partial charge is 0.247 e. The van der Waals surface area contributed by atoms with E-state index in [-0.39, 0.29) is 0 Å². The van der Waals surface area contributed by atoms with Crippen LogP contribution in [0.25, 0.3) is 76.2 Å². The zero-order valence-electron chi connectivity index (χ0n) is 23.0. The zero-order chi connectivity index (χ0) is 29.5. The van der Waals surface area contributed by atoms with Crippen molar-refractivity contribution in [2.24, 2.45) is 0 Å². The van der Waals surface area contributed by atoms with E-state index in [4.69, 9.17) is 28.1 Å². The van der Waals surface area contributed by atoms with Gasteiger partial charge in [0.15, 0.2) is 11.4 Å². The van der Waals surface area contributed by atoms with Crippen molar-refractivity contribution in [1.82, 2.24) is 15.0 Å². The van der Waals surface area contributed by atoms with E-state index in [0.29, 0.717) is 28.3 Å². The molecule has 0 fully saturated rings. The molecule has 0 unspecified atom stereocenters. The number of aromatic nitrogens is 3. The van der Waals surface area contributed by atoms with Crippen molar-refractivity contribution in [3.8, 4) is 39.8 Å². The molecule has 0 saturated carbocycles. The van der Waals surface area contributed by atoms with Crippen LogP contribution in [0.15, 0.2) is 103 Å². The second kappa shape index (κ2) is 10.2. The fraction of sp³-hybridized carbons (Fsp3) is 0.0270. The molecule has 0 radical (unpaired) electrons. The number of hydrogen-bond donors (Lipinski definition) is 0. The molecule has 0 saturated heterocycles. The Bertz CT molecular complexity index is 2350. The summed E-state index contributed by atoms with van der Waals surface area (Å²) in [4.78, 5) is 22.7. The molecular weight excluding hydrogens is 528 g/mol. The molecule has 0 aliphatic carbocycles. The van der Waals surface area contributed by atoms with Gasteiger partial charge in [0.05, 0.1) is 58.4 Å². The normalized spacial score (nSPS) is 10.8. The third-order valence-corrected chi connectivity index (χ3v) is 7.63. The van der Waals surface area contributed by atoms with Crippen molar-refractivity contribution in [2.45, 2.75) is 6.92 Å². The minimum Gasteiger partial charge on any atom is -0.247 e. The number of fused-ring (bicyclic) bond motifs is 5. The summed E-state index contributed by atoms with van der Waals surface area (Å²) < 4.78 is 0. The molecule has 7 rings (SSSR count). The molecule has 7 aromatic rings. The number of hydrogen-bond acceptors (Lipinski definition) is 4. The lowest BCUT2D eigenvalue weighted by molar-refractivity contribution is 1.29. The van der Waals surface area contributed by atoms with Gasteiger partial charge in [-0.3, -0.25) is 0 Å². The molecule has 43 heavy (non-hydrogen) atoms. The topological polar surface area (TPSA) is 71.2 Å². The first-order chi connectivity index (χ1) is 21.1. The van der Waals surface area contributed by atoms with Crippen molar-refractivity contribution in [2.75, 3.05) is 0 Å². The minimum absolute atomic E-state index is 0.551. The van der Waals surface area contributed by atoms with Crippen molar-refractivity contribution in [1.29, 1.82) is 5.26 Å². The SMILES string of the molecule is [C-]#[N+]c1ccc(-c2nc3cc(C)c4c(-c5ccc([N+]#[C-])cc5)nc5ccccc5c4c3nc2-c2ccc(C#N)cc2)cc1. The number of nitrogens with zero attached hydrogens (tertiary/aromatic N) is 6. The van der Waals surface area contributed by atoms with E-state index in [2.05, 4.69) is 34.8 Å². The fourth-order valence-electron chi connectivity index (χ4n) is 5.55. The van der Waals surface area contributed by atoms with Gasteiger partial charge in [0.2, 0.25) is 0 Å². The van der Waals surface area contributed by atoms with Crippen LogP contribution in [0.2, 0.25) is 0 Å². The Morgan fingerprint density at radius 1 is 0.605 bits per heavy atom. The molecule has 6 nitrogen and oxygen atoms in total. The summed E-state index contributed by atoms with van der Waals surface area (Å²) in [5.74, 6) is 0. The number of benzene rings is 5. The molecule has 5 aromatic carbocycles. The molecule has 0 bridgehead atoms. The van der Waals surface area contributed by atoms with E-state index < -0.39 is 0 Å². The lowest BCUT2D eigenvalue weighted by Gasteiger charge is -2.17. The summed E-state index contributed by atoms with van der Waals surface area (Å²) in [7, 11) is 0. The molecule has 2 aromatic heterocycles. The predicted molar refractivity (Wildman–Crippen MR) is 171 cm³/mol. The highest BCUT2D eigenvalue weighted by Gasteiger charge is 2.20. The highest BCUT2D eigenvalue weighted by Crippen LogP contribution is 2.41. The number of rotatable bonds is 3. The van der Waals surface area contributed by atoms with E-state index in [1.807, 2.05) is 66.7 Å². The molecule has 6 heteroatoms. The maximum Gasteiger partial charge on any atom is 0.187 e. The maximum absolute atomic E-state index is 9.39. The molecule has 0 N–H and O–H groups in total. The van der Waals surface area contributed by atoms with Gasteiger partial charge in [-0.2, -0.15) is 5.26 Å². The molecule has 0 aliphatic rings. The monoisotopic (exact) mass is 548 g/mol. The fourth-order valence-corrected chi connectivity index (χ4v) is 5.55. The zero-order valence-corrected chi connectivity index (χ0v) is 23.0. The minimum atomic E-state index is 0.551. The van der Waals surface area contributed by atoms with Gasteiger partial charge in [-0.25, -0.2) is 24.6 Å². The van der Waals surface area contributed by atoms with Gasteiger partial charge in [-0.1, -0.05) is 78.9 Å². The summed E-state index contributed by atoms with van der Waals surface area (Å²) in [6, 6.07) is 34.5. The summed E-state index contributed by atoms with van der Waals surface area (Å²) in [6.07, 6.45) is 0. The molecule has 198 valence electrons. The molecule has 0 spiro atoms. The second-order valence-electron chi connectivity index (χ2n) is 10.2. The Kier molecular flexibility index (Phi) is 6.06. The Balaban J connectivity index is 1.61. The maximum atomic E-state index is 9.39. The van der Waals surface area contributed by atoms with Gasteiger partial charge in [-0.15, -0.1) is 0 Å². The Morgan fingerprint density at radius 2 is 1.14 bits per heavy atom. The molecule has 0 amide bonds. The second-order valence-corrected chi connectivity index (χ2v) is 10.2. The van der Waals surface area contributed by atoms with Crippen molar-refractivity contribution in [3.63, 3.8) is 0 Å². The number of pyridine rings is 1. The van der Waals surface area contributed by atoms with Crippen molar-refractivity contribution < 1.29 is 0 Å². The standard InChI is InChI=1S/C37H20N6/c1-22-20-31-37(33-29-6-4-5-7-30(29)41-34(32(22)33)24-12-16-27(39-2)17-13-24)43-36(25-10-8-23(21-38)9-11-25)35(42-31)26-14-18-28(40-3)19-15-26/h4-20H,1H3. The average molecular weight is 549 g/mol. The summed E-state index contributed by atoms with van der Waals surface area (Å²) in [5, 5.41) is 12.3. The highest BCUT2D eigenvalue weighted by atomic mass is 14.8. The van der Waals surface area contributed by atoms with Crippen LogP contribution in [0.3, 0.4) is 0 Å². The van der Waals surface area contributed by atoms with Crippen LogP contribution in [0.5, 0.6) is 0 Å². The Hall–Kier alpha value is -6.42. The van der Waals surface area contributed by atoms with Gasteiger partial charge >= 0.3 is 0 Å². The van der Waals surface area contributed by atoms with E-state index in [0.717, 1.165) is 60.7 Å². The van der Waals surface area contributed by atoms with E-state index >= 15 is 0 Å². The van der Waals surface area contributed by atoms with Gasteiger partial charge in [-0.05, 0) is 47.9 Å². The third kappa shape index (κ3) is 4.30. The lowest BCUT2D eigenvalue weighted by Crippen LogP contribution is -1.99. The number of para-hydroxylation sites is 1. The smallest absolute Gasteiger partial charge is 0.187 e. The van der Waals surface area contributed by atoms with Crippen LogP contribution in [-0.4, -0.2) is 15.0 Å². The molecular formula is C37H20N6. The molecule has 0 atom stereocenters. The van der Waals surface area contributed by atoms with Crippen LogP contribution in [0.4, 0.5) is 11.4 Å². The highest BCUT2D eigenvalue weighted by molar-refractivity contribution is 6.22. The number of nitriles is 1. The van der Waals surface area contributed by atoms with Crippen LogP contribution < -0.4 is 0 Å². The van der Waals surface area contributed by atoms with E-state index in [1.54, 1.807) is 24.3 Å². The molecule has 2 heterocycles. The first-order valence-electron chi connectivity index (χ1n) is 13.6. The van der Waals surface area contributed by atoms with Crippen LogP contribution in [0, 0.1) is 31.4 Å². The van der Waals surface area contributed by atoms with Crippen LogP contribution >= 0.6 is 0 Å². The first kappa shape index (κ1) is 25.5. The van der Waals surface area contributed by atoms with Crippen LogP contribution in [-0.2, 0) is 0 Å². The quantitative estimate of drug-likeness (QED) is 0.163. The first-order valence-corrected chi connectivity index (χ1v) is 13.6.